The number of hydrogen-bond donors (Lipinski definition) is 0. The number of rotatable bonds is 1. The van der Waals surface area contributed by atoms with Crippen molar-refractivity contribution in [3.63, 3.8) is 0 Å². The molecular formula is C23H36. The summed E-state index contributed by atoms with van der Waals surface area (Å²) in [5, 5.41) is 0. The highest BCUT2D eigenvalue weighted by molar-refractivity contribution is 5.28. The second-order valence-electron chi connectivity index (χ2n) is 9.84. The van der Waals surface area contributed by atoms with Gasteiger partial charge in [-0.25, -0.2) is 0 Å². The van der Waals surface area contributed by atoms with Crippen LogP contribution >= 0.6 is 0 Å². The zero-order valence-electron chi connectivity index (χ0n) is 15.7. The van der Waals surface area contributed by atoms with Crippen molar-refractivity contribution in [1.82, 2.24) is 0 Å². The summed E-state index contributed by atoms with van der Waals surface area (Å²) in [5.74, 6) is 2.72. The van der Waals surface area contributed by atoms with Crippen LogP contribution in [0.1, 0.15) is 85.0 Å². The minimum atomic E-state index is 0.443. The van der Waals surface area contributed by atoms with Crippen molar-refractivity contribution in [2.45, 2.75) is 85.0 Å². The standard InChI is InChI=1S/C23H36/c1-6-23-13-8-7-12-22(23,5)20-11-14-21(4)16(2)9-10-19(21)18(20)15-17(23)3/h18-20H,2-3,6-15H2,1,4-5H3. The van der Waals surface area contributed by atoms with Gasteiger partial charge in [0.2, 0.25) is 0 Å². The van der Waals surface area contributed by atoms with Crippen LogP contribution in [0, 0.1) is 34.0 Å². The van der Waals surface area contributed by atoms with Gasteiger partial charge in [0.05, 0.1) is 0 Å². The molecule has 0 amide bonds. The highest BCUT2D eigenvalue weighted by Gasteiger charge is 2.63. The third-order valence-electron chi connectivity index (χ3n) is 9.62. The van der Waals surface area contributed by atoms with Crippen molar-refractivity contribution in [2.24, 2.45) is 34.0 Å². The van der Waals surface area contributed by atoms with Gasteiger partial charge in [-0.3, -0.25) is 0 Å². The molecule has 0 heteroatoms. The summed E-state index contributed by atoms with van der Waals surface area (Å²) < 4.78 is 0. The molecule has 0 saturated heterocycles. The molecule has 23 heavy (non-hydrogen) atoms. The van der Waals surface area contributed by atoms with Crippen molar-refractivity contribution in [3.05, 3.63) is 24.3 Å². The smallest absolute Gasteiger partial charge is 0.00368 e. The second-order valence-corrected chi connectivity index (χ2v) is 9.84. The minimum absolute atomic E-state index is 0.443. The first-order valence-electron chi connectivity index (χ1n) is 10.3. The first-order valence-corrected chi connectivity index (χ1v) is 10.3. The molecule has 128 valence electrons. The fraction of sp³-hybridized carbons (Fsp3) is 0.826. The molecule has 0 nitrogen and oxygen atoms in total. The Labute approximate surface area is 143 Å². The van der Waals surface area contributed by atoms with Crippen LogP contribution in [-0.4, -0.2) is 0 Å². The fourth-order valence-corrected chi connectivity index (χ4v) is 8.15. The third-order valence-corrected chi connectivity index (χ3v) is 9.62. The van der Waals surface area contributed by atoms with E-state index in [2.05, 4.69) is 27.4 Å². The van der Waals surface area contributed by atoms with E-state index < -0.39 is 0 Å². The summed E-state index contributed by atoms with van der Waals surface area (Å²) in [4.78, 5) is 0. The molecule has 6 atom stereocenters. The predicted octanol–water partition coefficient (Wildman–Crippen LogP) is 6.92. The Bertz CT molecular complexity index is 542. The topological polar surface area (TPSA) is 0 Å². The minimum Gasteiger partial charge on any atom is -0.0993 e. The summed E-state index contributed by atoms with van der Waals surface area (Å²) in [6.45, 7) is 16.8. The molecule has 0 aromatic rings. The van der Waals surface area contributed by atoms with Gasteiger partial charge in [0.15, 0.2) is 0 Å². The van der Waals surface area contributed by atoms with Crippen molar-refractivity contribution in [1.29, 1.82) is 0 Å². The van der Waals surface area contributed by atoms with Crippen molar-refractivity contribution >= 4 is 0 Å². The molecule has 0 radical (unpaired) electrons. The third kappa shape index (κ3) is 1.79. The Morgan fingerprint density at radius 1 is 0.957 bits per heavy atom. The SMILES string of the molecule is C=C1CCC2C3CC(=C)C4(CC)CCCCC4(C)C3CCC12C. The van der Waals surface area contributed by atoms with Crippen LogP contribution in [0.15, 0.2) is 24.3 Å². The summed E-state index contributed by atoms with van der Waals surface area (Å²) in [7, 11) is 0. The molecule has 4 aliphatic carbocycles. The van der Waals surface area contributed by atoms with E-state index in [9.17, 15) is 0 Å². The highest BCUT2D eigenvalue weighted by atomic mass is 14.7. The largest absolute Gasteiger partial charge is 0.0993 e. The Kier molecular flexibility index (Phi) is 3.47. The lowest BCUT2D eigenvalue weighted by Gasteiger charge is -2.66. The molecule has 0 aliphatic heterocycles. The maximum absolute atomic E-state index is 4.71. The van der Waals surface area contributed by atoms with Crippen molar-refractivity contribution in [3.8, 4) is 0 Å². The maximum Gasteiger partial charge on any atom is -0.00368 e. The van der Waals surface area contributed by atoms with Gasteiger partial charge in [-0.15, -0.1) is 0 Å². The predicted molar refractivity (Wildman–Crippen MR) is 99.2 cm³/mol. The number of fused-ring (bicyclic) bond motifs is 5. The van der Waals surface area contributed by atoms with E-state index in [1.165, 1.54) is 64.2 Å². The van der Waals surface area contributed by atoms with E-state index in [0.29, 0.717) is 16.2 Å². The fourth-order valence-electron chi connectivity index (χ4n) is 8.15. The Balaban J connectivity index is 1.76. The van der Waals surface area contributed by atoms with Crippen molar-refractivity contribution < 1.29 is 0 Å². The van der Waals surface area contributed by atoms with Crippen LogP contribution in [-0.2, 0) is 0 Å². The first kappa shape index (κ1) is 16.0. The molecule has 4 saturated carbocycles. The maximum atomic E-state index is 4.71. The lowest BCUT2D eigenvalue weighted by molar-refractivity contribution is -0.122. The molecule has 0 N–H and O–H groups in total. The van der Waals surface area contributed by atoms with Gasteiger partial charge in [-0.05, 0) is 85.4 Å². The lowest BCUT2D eigenvalue weighted by atomic mass is 9.39. The van der Waals surface area contributed by atoms with E-state index in [1.807, 2.05) is 0 Å². The van der Waals surface area contributed by atoms with Gasteiger partial charge in [-0.2, -0.15) is 0 Å². The molecule has 4 aliphatic rings. The van der Waals surface area contributed by atoms with Gasteiger partial charge in [0, 0.05) is 0 Å². The molecule has 4 rings (SSSR count). The summed E-state index contributed by atoms with van der Waals surface area (Å²) in [6.07, 6.45) is 13.9. The van der Waals surface area contributed by atoms with E-state index >= 15 is 0 Å². The van der Waals surface area contributed by atoms with Gasteiger partial charge in [-0.1, -0.05) is 57.9 Å². The zero-order valence-corrected chi connectivity index (χ0v) is 15.7. The number of hydrogen-bond acceptors (Lipinski definition) is 0. The Hall–Kier alpha value is -0.520. The van der Waals surface area contributed by atoms with Gasteiger partial charge in [0.25, 0.3) is 0 Å². The van der Waals surface area contributed by atoms with E-state index in [4.69, 9.17) is 6.58 Å². The molecule has 0 bridgehead atoms. The summed E-state index contributed by atoms with van der Waals surface area (Å²) in [6, 6.07) is 0. The van der Waals surface area contributed by atoms with Gasteiger partial charge in [0.1, 0.15) is 0 Å². The summed E-state index contributed by atoms with van der Waals surface area (Å²) >= 11 is 0. The zero-order chi connectivity index (χ0) is 16.5. The van der Waals surface area contributed by atoms with Crippen LogP contribution in [0.2, 0.25) is 0 Å². The molecule has 6 unspecified atom stereocenters. The number of allylic oxidation sites excluding steroid dienone is 2. The van der Waals surface area contributed by atoms with E-state index in [1.54, 1.807) is 11.1 Å². The van der Waals surface area contributed by atoms with E-state index in [-0.39, 0.29) is 0 Å². The quantitative estimate of drug-likeness (QED) is 0.461. The van der Waals surface area contributed by atoms with Crippen LogP contribution < -0.4 is 0 Å². The van der Waals surface area contributed by atoms with Crippen LogP contribution in [0.3, 0.4) is 0 Å². The Morgan fingerprint density at radius 3 is 2.43 bits per heavy atom. The molecule has 0 aromatic heterocycles. The van der Waals surface area contributed by atoms with Gasteiger partial charge < -0.3 is 0 Å². The average Bonchev–Trinajstić information content (AvgIpc) is 2.83. The molecule has 0 aromatic carbocycles. The lowest BCUT2D eigenvalue weighted by Crippen LogP contribution is -2.57. The monoisotopic (exact) mass is 312 g/mol. The summed E-state index contributed by atoms with van der Waals surface area (Å²) in [5.41, 5.74) is 4.61. The molecular weight excluding hydrogens is 276 g/mol. The van der Waals surface area contributed by atoms with Gasteiger partial charge >= 0.3 is 0 Å². The van der Waals surface area contributed by atoms with Crippen molar-refractivity contribution in [2.75, 3.05) is 0 Å². The second kappa shape index (κ2) is 4.99. The molecule has 4 fully saturated rings. The first-order chi connectivity index (χ1) is 10.9. The van der Waals surface area contributed by atoms with Crippen LogP contribution in [0.25, 0.3) is 0 Å². The molecule has 0 heterocycles. The Morgan fingerprint density at radius 2 is 1.70 bits per heavy atom. The van der Waals surface area contributed by atoms with Crippen LogP contribution in [0.5, 0.6) is 0 Å². The van der Waals surface area contributed by atoms with Crippen LogP contribution in [0.4, 0.5) is 0 Å². The van der Waals surface area contributed by atoms with E-state index in [0.717, 1.165) is 17.8 Å². The normalized spacial score (nSPS) is 52.7. The average molecular weight is 313 g/mol. The highest BCUT2D eigenvalue weighted by Crippen LogP contribution is 2.72. The molecule has 0 spiro atoms.